The van der Waals surface area contributed by atoms with Crippen LogP contribution in [0.5, 0.6) is 0 Å². The predicted molar refractivity (Wildman–Crippen MR) is 139 cm³/mol. The van der Waals surface area contributed by atoms with E-state index < -0.39 is 0 Å². The Morgan fingerprint density at radius 3 is 2.54 bits per heavy atom. The van der Waals surface area contributed by atoms with Crippen molar-refractivity contribution in [2.75, 3.05) is 12.3 Å². The Labute approximate surface area is 207 Å². The van der Waals surface area contributed by atoms with Crippen LogP contribution >= 0.6 is 11.6 Å². The topological polar surface area (TPSA) is 98.7 Å². The van der Waals surface area contributed by atoms with Crippen LogP contribution in [-0.2, 0) is 6.54 Å². The molecule has 0 saturated carbocycles. The lowest BCUT2D eigenvalue weighted by Crippen LogP contribution is -2.25. The summed E-state index contributed by atoms with van der Waals surface area (Å²) in [7, 11) is 0. The number of hydrogen-bond acceptors (Lipinski definition) is 5. The zero-order valence-electron chi connectivity index (χ0n) is 18.9. The van der Waals surface area contributed by atoms with Gasteiger partial charge in [-0.3, -0.25) is 4.79 Å². The van der Waals surface area contributed by atoms with E-state index in [0.29, 0.717) is 39.7 Å². The van der Waals surface area contributed by atoms with Gasteiger partial charge in [0.2, 0.25) is 0 Å². The zero-order valence-corrected chi connectivity index (χ0v) is 19.6. The second-order valence-electron chi connectivity index (χ2n) is 8.18. The largest absolute Gasteiger partial charge is 0.399 e. The molecular formula is C27H23ClN6O. The first-order valence-corrected chi connectivity index (χ1v) is 11.6. The van der Waals surface area contributed by atoms with E-state index in [9.17, 15) is 4.79 Å². The van der Waals surface area contributed by atoms with Crippen molar-refractivity contribution in [3.8, 4) is 22.4 Å². The Bertz CT molecular complexity index is 1500. The van der Waals surface area contributed by atoms with Crippen LogP contribution in [-0.4, -0.2) is 32.0 Å². The number of carbonyl (C=O) groups is 1. The zero-order chi connectivity index (χ0) is 24.2. The average Bonchev–Trinajstić information content (AvgIpc) is 3.39. The minimum atomic E-state index is -0.153. The monoisotopic (exact) mass is 482 g/mol. The molecule has 0 aliphatic carbocycles. The summed E-state index contributed by atoms with van der Waals surface area (Å²) < 4.78 is 1.98. The average molecular weight is 483 g/mol. The molecule has 35 heavy (non-hydrogen) atoms. The van der Waals surface area contributed by atoms with Gasteiger partial charge in [0, 0.05) is 42.3 Å². The number of hydrogen-bond donors (Lipinski definition) is 2. The lowest BCUT2D eigenvalue weighted by atomic mass is 10.0. The molecule has 3 aromatic carbocycles. The Morgan fingerprint density at radius 1 is 0.943 bits per heavy atom. The molecule has 0 unspecified atom stereocenters. The molecule has 0 spiro atoms. The van der Waals surface area contributed by atoms with Crippen molar-refractivity contribution >= 4 is 34.2 Å². The van der Waals surface area contributed by atoms with E-state index in [-0.39, 0.29) is 5.91 Å². The highest BCUT2D eigenvalue weighted by atomic mass is 35.5. The minimum Gasteiger partial charge on any atom is -0.399 e. The maximum Gasteiger partial charge on any atom is 0.251 e. The standard InChI is InChI=1S/C27H23ClN6O/c28-26-25(20-6-1-4-18(14-20)19-5-2-7-22(29)15-19)32-24-16-21(8-9-23(24)33-26)27(35)31-10-3-12-34-13-11-30-17-34/h1-2,4-9,11,13-17H,3,10,12,29H2,(H,31,35). The highest BCUT2D eigenvalue weighted by Crippen LogP contribution is 2.31. The summed E-state index contributed by atoms with van der Waals surface area (Å²) in [5.74, 6) is -0.153. The fraction of sp³-hybridized carbons (Fsp3) is 0.111. The van der Waals surface area contributed by atoms with Crippen molar-refractivity contribution in [2.45, 2.75) is 13.0 Å². The molecule has 3 N–H and O–H groups in total. The highest BCUT2D eigenvalue weighted by molar-refractivity contribution is 6.32. The van der Waals surface area contributed by atoms with E-state index in [0.717, 1.165) is 29.7 Å². The third-order valence-corrected chi connectivity index (χ3v) is 5.94. The number of rotatable bonds is 7. The summed E-state index contributed by atoms with van der Waals surface area (Å²) in [6, 6.07) is 20.9. The molecule has 8 heteroatoms. The molecule has 5 aromatic rings. The SMILES string of the molecule is Nc1cccc(-c2cccc(-c3nc4cc(C(=O)NCCCn5ccnc5)ccc4nc3Cl)c2)c1. The number of amides is 1. The fourth-order valence-electron chi connectivity index (χ4n) is 3.91. The van der Waals surface area contributed by atoms with Gasteiger partial charge in [0.1, 0.15) is 5.69 Å². The number of nitrogens with one attached hydrogen (secondary N) is 1. The molecule has 2 aromatic heterocycles. The molecule has 5 rings (SSSR count). The third kappa shape index (κ3) is 5.15. The van der Waals surface area contributed by atoms with Crippen LogP contribution in [0.15, 0.2) is 85.5 Å². The predicted octanol–water partition coefficient (Wildman–Crippen LogP) is 5.22. The number of anilines is 1. The van der Waals surface area contributed by atoms with Crippen molar-refractivity contribution in [2.24, 2.45) is 0 Å². The van der Waals surface area contributed by atoms with Crippen LogP contribution in [0.2, 0.25) is 5.15 Å². The molecule has 2 heterocycles. The van der Waals surface area contributed by atoms with Crippen molar-refractivity contribution in [1.29, 1.82) is 0 Å². The third-order valence-electron chi connectivity index (χ3n) is 5.68. The number of benzene rings is 3. The maximum absolute atomic E-state index is 12.7. The normalized spacial score (nSPS) is 11.0. The number of imidazole rings is 1. The van der Waals surface area contributed by atoms with E-state index in [1.54, 1.807) is 30.7 Å². The lowest BCUT2D eigenvalue weighted by Gasteiger charge is -2.10. The smallest absolute Gasteiger partial charge is 0.251 e. The first kappa shape index (κ1) is 22.6. The van der Waals surface area contributed by atoms with Crippen LogP contribution in [0.25, 0.3) is 33.4 Å². The summed E-state index contributed by atoms with van der Waals surface area (Å²) in [6.45, 7) is 1.35. The Kier molecular flexibility index (Phi) is 6.41. The van der Waals surface area contributed by atoms with Gasteiger partial charge in [0.05, 0.1) is 17.4 Å². The van der Waals surface area contributed by atoms with Gasteiger partial charge in [-0.2, -0.15) is 0 Å². The maximum atomic E-state index is 12.7. The summed E-state index contributed by atoms with van der Waals surface area (Å²) in [5, 5.41) is 3.26. The Balaban J connectivity index is 1.38. The van der Waals surface area contributed by atoms with Gasteiger partial charge < -0.3 is 15.6 Å². The Hall–Kier alpha value is -4.23. The van der Waals surface area contributed by atoms with E-state index in [4.69, 9.17) is 22.3 Å². The van der Waals surface area contributed by atoms with Crippen LogP contribution < -0.4 is 11.1 Å². The van der Waals surface area contributed by atoms with Gasteiger partial charge >= 0.3 is 0 Å². The number of halogens is 1. The van der Waals surface area contributed by atoms with Gasteiger partial charge in [-0.15, -0.1) is 0 Å². The van der Waals surface area contributed by atoms with Gasteiger partial charge in [0.15, 0.2) is 5.15 Å². The van der Waals surface area contributed by atoms with Gasteiger partial charge in [-0.05, 0) is 53.9 Å². The molecule has 174 valence electrons. The van der Waals surface area contributed by atoms with Crippen LogP contribution in [0.3, 0.4) is 0 Å². The molecule has 7 nitrogen and oxygen atoms in total. The Morgan fingerprint density at radius 2 is 1.74 bits per heavy atom. The first-order valence-electron chi connectivity index (χ1n) is 11.2. The van der Waals surface area contributed by atoms with Crippen molar-refractivity contribution in [3.05, 3.63) is 96.2 Å². The molecule has 0 aliphatic heterocycles. The number of nitrogen functional groups attached to an aromatic ring is 1. The molecule has 0 saturated heterocycles. The molecular weight excluding hydrogens is 460 g/mol. The van der Waals surface area contributed by atoms with E-state index >= 15 is 0 Å². The summed E-state index contributed by atoms with van der Waals surface area (Å²) >= 11 is 6.51. The quantitative estimate of drug-likeness (QED) is 0.245. The van der Waals surface area contributed by atoms with Crippen LogP contribution in [0.1, 0.15) is 16.8 Å². The number of nitrogens with two attached hydrogens (primary N) is 1. The number of aromatic nitrogens is 4. The van der Waals surface area contributed by atoms with Crippen molar-refractivity contribution < 1.29 is 4.79 Å². The number of aryl methyl sites for hydroxylation is 1. The molecule has 0 radical (unpaired) electrons. The number of nitrogens with zero attached hydrogens (tertiary/aromatic N) is 4. The summed E-state index contributed by atoms with van der Waals surface area (Å²) in [4.78, 5) is 26.0. The van der Waals surface area contributed by atoms with Gasteiger partial charge in [-0.1, -0.05) is 41.9 Å². The van der Waals surface area contributed by atoms with E-state index in [1.165, 1.54) is 0 Å². The van der Waals surface area contributed by atoms with E-state index in [2.05, 4.69) is 15.3 Å². The van der Waals surface area contributed by atoms with Crippen LogP contribution in [0, 0.1) is 0 Å². The summed E-state index contributed by atoms with van der Waals surface area (Å²) in [6.07, 6.45) is 6.21. The highest BCUT2D eigenvalue weighted by Gasteiger charge is 2.13. The molecule has 0 aliphatic rings. The molecule has 0 bridgehead atoms. The lowest BCUT2D eigenvalue weighted by molar-refractivity contribution is 0.0953. The summed E-state index contributed by atoms with van der Waals surface area (Å²) in [5.41, 5.74) is 11.8. The van der Waals surface area contributed by atoms with Crippen molar-refractivity contribution in [3.63, 3.8) is 0 Å². The second kappa shape index (κ2) is 9.95. The second-order valence-corrected chi connectivity index (χ2v) is 8.54. The molecule has 0 fully saturated rings. The number of fused-ring (bicyclic) bond motifs is 1. The first-order chi connectivity index (χ1) is 17.1. The molecule has 0 atom stereocenters. The van der Waals surface area contributed by atoms with Crippen molar-refractivity contribution in [1.82, 2.24) is 24.8 Å². The number of carbonyl (C=O) groups excluding carboxylic acids is 1. The van der Waals surface area contributed by atoms with Gasteiger partial charge in [0.25, 0.3) is 5.91 Å². The minimum absolute atomic E-state index is 0.153. The van der Waals surface area contributed by atoms with E-state index in [1.807, 2.05) is 59.3 Å². The fourth-order valence-corrected chi connectivity index (χ4v) is 4.15. The van der Waals surface area contributed by atoms with Crippen LogP contribution in [0.4, 0.5) is 5.69 Å². The molecule has 1 amide bonds. The van der Waals surface area contributed by atoms with Gasteiger partial charge in [-0.25, -0.2) is 15.0 Å².